The van der Waals surface area contributed by atoms with E-state index in [1.165, 1.54) is 15.2 Å². The van der Waals surface area contributed by atoms with Gasteiger partial charge in [-0.15, -0.1) is 11.3 Å². The molecule has 0 radical (unpaired) electrons. The first kappa shape index (κ1) is 17.0. The number of para-hydroxylation sites is 1. The third-order valence-corrected chi connectivity index (χ3v) is 8.02. The van der Waals surface area contributed by atoms with Gasteiger partial charge < -0.3 is 4.57 Å². The molecule has 1 aromatic carbocycles. The van der Waals surface area contributed by atoms with Crippen LogP contribution in [0.1, 0.15) is 23.8 Å². The highest BCUT2D eigenvalue weighted by Crippen LogP contribution is 2.35. The van der Waals surface area contributed by atoms with E-state index >= 15 is 0 Å². The molecule has 3 aromatic rings. The number of halogens is 1. The lowest BCUT2D eigenvalue weighted by molar-refractivity contribution is 0.314. The maximum Gasteiger partial charge on any atom is 0.263 e. The number of aryl methyl sites for hydroxylation is 1. The molecular formula is C16H17ClN4O2S2. The van der Waals surface area contributed by atoms with Gasteiger partial charge in [-0.25, -0.2) is 18.4 Å². The molecule has 0 bridgehead atoms. The van der Waals surface area contributed by atoms with Crippen molar-refractivity contribution >= 4 is 43.2 Å². The molecule has 1 saturated heterocycles. The minimum atomic E-state index is -3.70. The van der Waals surface area contributed by atoms with Crippen molar-refractivity contribution in [2.75, 3.05) is 13.1 Å². The van der Waals surface area contributed by atoms with Crippen molar-refractivity contribution in [3.05, 3.63) is 40.8 Å². The third-order valence-electron chi connectivity index (χ3n) is 4.46. The predicted molar refractivity (Wildman–Crippen MR) is 98.6 cm³/mol. The van der Waals surface area contributed by atoms with Gasteiger partial charge in [0.25, 0.3) is 10.0 Å². The maximum absolute atomic E-state index is 12.9. The van der Waals surface area contributed by atoms with Crippen molar-refractivity contribution in [1.29, 1.82) is 0 Å². The summed E-state index contributed by atoms with van der Waals surface area (Å²) in [5.41, 5.74) is 0.968. The van der Waals surface area contributed by atoms with Gasteiger partial charge in [0.2, 0.25) is 5.03 Å². The molecule has 6 nitrogen and oxygen atoms in total. The Morgan fingerprint density at radius 1 is 1.32 bits per heavy atom. The fourth-order valence-electron chi connectivity index (χ4n) is 3.12. The van der Waals surface area contributed by atoms with E-state index in [-0.39, 0.29) is 16.1 Å². The van der Waals surface area contributed by atoms with Gasteiger partial charge >= 0.3 is 0 Å². The van der Waals surface area contributed by atoms with E-state index in [4.69, 9.17) is 16.6 Å². The summed E-state index contributed by atoms with van der Waals surface area (Å²) in [5, 5.41) is 1.07. The summed E-state index contributed by atoms with van der Waals surface area (Å²) in [6.45, 7) is 0.895. The molecule has 0 amide bonds. The zero-order valence-electron chi connectivity index (χ0n) is 13.6. The number of nitrogens with zero attached hydrogens (tertiary/aromatic N) is 4. The largest absolute Gasteiger partial charge is 0.324 e. The van der Waals surface area contributed by atoms with E-state index in [1.54, 1.807) is 18.4 Å². The van der Waals surface area contributed by atoms with Gasteiger partial charge in [-0.3, -0.25) is 0 Å². The van der Waals surface area contributed by atoms with Crippen molar-refractivity contribution < 1.29 is 8.42 Å². The quantitative estimate of drug-likeness (QED) is 0.681. The van der Waals surface area contributed by atoms with Crippen LogP contribution in [0.4, 0.5) is 0 Å². The number of rotatable bonds is 3. The zero-order valence-corrected chi connectivity index (χ0v) is 16.0. The van der Waals surface area contributed by atoms with Crippen LogP contribution in [0, 0.1) is 0 Å². The highest BCUT2D eigenvalue weighted by atomic mass is 35.5. The second-order valence-corrected chi connectivity index (χ2v) is 9.45. The van der Waals surface area contributed by atoms with E-state index in [0.717, 1.165) is 28.1 Å². The summed E-state index contributed by atoms with van der Waals surface area (Å²) < 4.78 is 30.0. The van der Waals surface area contributed by atoms with Crippen molar-refractivity contribution in [2.45, 2.75) is 23.8 Å². The first-order valence-electron chi connectivity index (χ1n) is 7.99. The van der Waals surface area contributed by atoms with Gasteiger partial charge in [-0.2, -0.15) is 4.31 Å². The highest BCUT2D eigenvalue weighted by molar-refractivity contribution is 7.89. The molecule has 25 heavy (non-hydrogen) atoms. The average molecular weight is 397 g/mol. The molecule has 0 N–H and O–H groups in total. The van der Waals surface area contributed by atoms with Crippen LogP contribution in [-0.4, -0.2) is 40.3 Å². The van der Waals surface area contributed by atoms with Crippen LogP contribution in [0.15, 0.2) is 35.6 Å². The van der Waals surface area contributed by atoms with E-state index in [0.29, 0.717) is 13.1 Å². The van der Waals surface area contributed by atoms with Gasteiger partial charge in [0, 0.05) is 26.1 Å². The third kappa shape index (κ3) is 2.97. The molecule has 1 atom stereocenters. The van der Waals surface area contributed by atoms with Crippen molar-refractivity contribution in [2.24, 2.45) is 7.05 Å². The van der Waals surface area contributed by atoms with Gasteiger partial charge in [-0.05, 0) is 25.0 Å². The number of hydrogen-bond donors (Lipinski definition) is 0. The monoisotopic (exact) mass is 396 g/mol. The molecule has 0 aliphatic carbocycles. The molecule has 1 fully saturated rings. The standard InChI is InChI=1S/C16H17ClN4O2S2/c1-20-10-18-16(14(20)17)25(22,23)21-8-4-5-11(9-21)15-19-12-6-2-3-7-13(12)24-15/h2-3,6-7,10-11H,4-5,8-9H2,1H3. The van der Waals surface area contributed by atoms with Crippen LogP contribution in [0.5, 0.6) is 0 Å². The molecule has 4 rings (SSSR count). The number of benzene rings is 1. The van der Waals surface area contributed by atoms with Gasteiger partial charge in [-0.1, -0.05) is 23.7 Å². The van der Waals surface area contributed by atoms with E-state index in [9.17, 15) is 8.42 Å². The normalized spacial score (nSPS) is 19.5. The molecule has 2 aromatic heterocycles. The Labute approximate surface area is 155 Å². The number of aromatic nitrogens is 3. The molecule has 9 heteroatoms. The first-order valence-corrected chi connectivity index (χ1v) is 10.6. The summed E-state index contributed by atoms with van der Waals surface area (Å²) in [4.78, 5) is 8.68. The topological polar surface area (TPSA) is 68.1 Å². The molecule has 3 heterocycles. The van der Waals surface area contributed by atoms with Crippen LogP contribution >= 0.6 is 22.9 Å². The smallest absolute Gasteiger partial charge is 0.263 e. The Bertz CT molecular complexity index is 995. The van der Waals surface area contributed by atoms with Crippen LogP contribution in [0.2, 0.25) is 5.15 Å². The zero-order chi connectivity index (χ0) is 17.6. The number of imidazole rings is 1. The number of thiazole rings is 1. The predicted octanol–water partition coefficient (Wildman–Crippen LogP) is 3.25. The Kier molecular flexibility index (Phi) is 4.31. The molecule has 132 valence electrons. The van der Waals surface area contributed by atoms with Crippen molar-refractivity contribution in [3.63, 3.8) is 0 Å². The maximum atomic E-state index is 12.9. The molecule has 1 aliphatic rings. The summed E-state index contributed by atoms with van der Waals surface area (Å²) in [5.74, 6) is 0.100. The molecule has 0 spiro atoms. The van der Waals surface area contributed by atoms with Crippen molar-refractivity contribution in [1.82, 2.24) is 18.8 Å². The SMILES string of the molecule is Cn1cnc(S(=O)(=O)N2CCCC(c3nc4ccccc4s3)C2)c1Cl. The lowest BCUT2D eigenvalue weighted by Gasteiger charge is -2.30. The first-order chi connectivity index (χ1) is 12.0. The minimum Gasteiger partial charge on any atom is -0.324 e. The van der Waals surface area contributed by atoms with E-state index < -0.39 is 10.0 Å². The highest BCUT2D eigenvalue weighted by Gasteiger charge is 2.35. The summed E-state index contributed by atoms with van der Waals surface area (Å²) in [7, 11) is -2.02. The Balaban J connectivity index is 1.63. The van der Waals surface area contributed by atoms with Crippen molar-refractivity contribution in [3.8, 4) is 0 Å². The number of piperidine rings is 1. The second kappa shape index (κ2) is 6.35. The molecule has 1 unspecified atom stereocenters. The lowest BCUT2D eigenvalue weighted by Crippen LogP contribution is -2.39. The van der Waals surface area contributed by atoms with Gasteiger partial charge in [0.1, 0.15) is 5.15 Å². The Morgan fingerprint density at radius 3 is 2.84 bits per heavy atom. The van der Waals surface area contributed by atoms with Gasteiger partial charge in [0.05, 0.1) is 21.6 Å². The molecule has 1 aliphatic heterocycles. The average Bonchev–Trinajstić information content (AvgIpc) is 3.19. The summed E-state index contributed by atoms with van der Waals surface area (Å²) >= 11 is 7.74. The van der Waals surface area contributed by atoms with Gasteiger partial charge in [0.15, 0.2) is 0 Å². The fraction of sp³-hybridized carbons (Fsp3) is 0.375. The fourth-order valence-corrected chi connectivity index (χ4v) is 6.12. The van der Waals surface area contributed by atoms with E-state index in [2.05, 4.69) is 4.98 Å². The van der Waals surface area contributed by atoms with Crippen LogP contribution in [0.25, 0.3) is 10.2 Å². The second-order valence-electron chi connectivity index (χ2n) is 6.17. The Morgan fingerprint density at radius 2 is 2.12 bits per heavy atom. The molecule has 0 saturated carbocycles. The Hall–Kier alpha value is -1.48. The number of fused-ring (bicyclic) bond motifs is 1. The van der Waals surface area contributed by atoms with Crippen LogP contribution in [0.3, 0.4) is 0 Å². The van der Waals surface area contributed by atoms with Crippen LogP contribution < -0.4 is 0 Å². The molecular weight excluding hydrogens is 380 g/mol. The van der Waals surface area contributed by atoms with Crippen LogP contribution in [-0.2, 0) is 17.1 Å². The number of hydrogen-bond acceptors (Lipinski definition) is 5. The minimum absolute atomic E-state index is 0.0679. The van der Waals surface area contributed by atoms with E-state index in [1.807, 2.05) is 24.3 Å². The number of sulfonamides is 1. The summed E-state index contributed by atoms with van der Waals surface area (Å²) in [6, 6.07) is 7.99. The lowest BCUT2D eigenvalue weighted by atomic mass is 10.0. The summed E-state index contributed by atoms with van der Waals surface area (Å²) in [6.07, 6.45) is 3.15.